The number of piperidine rings is 1. The van der Waals surface area contributed by atoms with Crippen molar-refractivity contribution in [3.63, 3.8) is 0 Å². The molecule has 2 aliphatic rings. The largest absolute Gasteiger partial charge is 0.401 e. The van der Waals surface area contributed by atoms with E-state index in [1.54, 1.807) is 0 Å². The predicted octanol–water partition coefficient (Wildman–Crippen LogP) is 2.89. The fourth-order valence-corrected chi connectivity index (χ4v) is 3.95. The maximum Gasteiger partial charge on any atom is 0.401 e. The van der Waals surface area contributed by atoms with Crippen molar-refractivity contribution in [2.45, 2.75) is 55.6 Å². The fourth-order valence-electron chi connectivity index (χ4n) is 3.15. The second-order valence-corrected chi connectivity index (χ2v) is 6.84. The van der Waals surface area contributed by atoms with Crippen molar-refractivity contribution in [1.82, 2.24) is 10.2 Å². The van der Waals surface area contributed by atoms with Gasteiger partial charge in [-0.1, -0.05) is 0 Å². The van der Waals surface area contributed by atoms with Gasteiger partial charge in [0.25, 0.3) is 0 Å². The first-order chi connectivity index (χ1) is 8.96. The Morgan fingerprint density at radius 2 is 1.79 bits per heavy atom. The van der Waals surface area contributed by atoms with E-state index in [1.807, 2.05) is 11.8 Å². The Bertz CT molecular complexity index is 278. The quantitative estimate of drug-likeness (QED) is 0.859. The molecule has 2 nitrogen and oxygen atoms in total. The molecule has 0 amide bonds. The van der Waals surface area contributed by atoms with E-state index < -0.39 is 12.7 Å². The molecule has 2 rings (SSSR count). The van der Waals surface area contributed by atoms with Crippen molar-refractivity contribution < 1.29 is 13.2 Å². The Morgan fingerprint density at radius 1 is 1.11 bits per heavy atom. The van der Waals surface area contributed by atoms with Crippen LogP contribution in [-0.4, -0.2) is 54.3 Å². The van der Waals surface area contributed by atoms with Gasteiger partial charge in [-0.3, -0.25) is 4.90 Å². The van der Waals surface area contributed by atoms with Crippen LogP contribution in [0.25, 0.3) is 0 Å². The molecule has 2 fully saturated rings. The van der Waals surface area contributed by atoms with Crippen molar-refractivity contribution in [1.29, 1.82) is 0 Å². The maximum absolute atomic E-state index is 12.3. The number of nitrogens with zero attached hydrogens (tertiary/aromatic N) is 1. The van der Waals surface area contributed by atoms with Crippen LogP contribution in [-0.2, 0) is 0 Å². The molecule has 1 saturated carbocycles. The molecule has 0 radical (unpaired) electrons. The maximum atomic E-state index is 12.3. The molecule has 0 spiro atoms. The highest BCUT2D eigenvalue weighted by molar-refractivity contribution is 7.99. The van der Waals surface area contributed by atoms with Gasteiger partial charge in [0.15, 0.2) is 0 Å². The number of alkyl halides is 3. The molecular weight excluding hydrogens is 273 g/mol. The lowest BCUT2D eigenvalue weighted by Crippen LogP contribution is -2.47. The van der Waals surface area contributed by atoms with Gasteiger partial charge in [0.2, 0.25) is 0 Å². The van der Waals surface area contributed by atoms with Crippen molar-refractivity contribution in [3.05, 3.63) is 0 Å². The van der Waals surface area contributed by atoms with Crippen molar-refractivity contribution in [3.8, 4) is 0 Å². The van der Waals surface area contributed by atoms with Crippen molar-refractivity contribution in [2.24, 2.45) is 0 Å². The number of hydrogen-bond donors (Lipinski definition) is 1. The highest BCUT2D eigenvalue weighted by Gasteiger charge is 2.33. The van der Waals surface area contributed by atoms with Crippen LogP contribution in [0.5, 0.6) is 0 Å². The average molecular weight is 296 g/mol. The molecule has 1 aliphatic heterocycles. The van der Waals surface area contributed by atoms with Gasteiger partial charge in [0, 0.05) is 17.3 Å². The summed E-state index contributed by atoms with van der Waals surface area (Å²) in [5.74, 6) is 0. The van der Waals surface area contributed by atoms with Crippen LogP contribution in [0.2, 0.25) is 0 Å². The predicted molar refractivity (Wildman–Crippen MR) is 73.6 cm³/mol. The van der Waals surface area contributed by atoms with E-state index in [0.717, 1.165) is 18.1 Å². The van der Waals surface area contributed by atoms with Crippen LogP contribution in [0.4, 0.5) is 13.2 Å². The molecule has 2 unspecified atom stereocenters. The monoisotopic (exact) mass is 296 g/mol. The Hall–Kier alpha value is 0.0600. The molecule has 19 heavy (non-hydrogen) atoms. The lowest BCUT2D eigenvalue weighted by atomic mass is 10.0. The van der Waals surface area contributed by atoms with Gasteiger partial charge >= 0.3 is 6.18 Å². The number of likely N-dealkylation sites (tertiary alicyclic amines) is 1. The molecule has 1 saturated heterocycles. The summed E-state index contributed by atoms with van der Waals surface area (Å²) in [6, 6.07) is 0.992. The summed E-state index contributed by atoms with van der Waals surface area (Å²) in [7, 11) is 0. The minimum atomic E-state index is -4.06. The first-order valence-corrected chi connectivity index (χ1v) is 8.33. The van der Waals surface area contributed by atoms with E-state index >= 15 is 0 Å². The second kappa shape index (κ2) is 6.68. The van der Waals surface area contributed by atoms with Gasteiger partial charge in [-0.2, -0.15) is 24.9 Å². The second-order valence-electron chi connectivity index (χ2n) is 5.70. The summed E-state index contributed by atoms with van der Waals surface area (Å²) in [4.78, 5) is 1.53. The van der Waals surface area contributed by atoms with E-state index in [2.05, 4.69) is 11.6 Å². The Labute approximate surface area is 117 Å². The molecular formula is C13H23F3N2S. The van der Waals surface area contributed by atoms with Crippen LogP contribution in [0.3, 0.4) is 0 Å². The Kier molecular flexibility index (Phi) is 5.43. The van der Waals surface area contributed by atoms with E-state index in [4.69, 9.17) is 0 Å². The van der Waals surface area contributed by atoms with Gasteiger partial charge in [-0.15, -0.1) is 0 Å². The number of nitrogens with one attached hydrogen (secondary N) is 1. The summed E-state index contributed by atoms with van der Waals surface area (Å²) in [5, 5.41) is 4.41. The first-order valence-electron chi connectivity index (χ1n) is 7.04. The van der Waals surface area contributed by atoms with E-state index in [9.17, 15) is 13.2 Å². The van der Waals surface area contributed by atoms with Gasteiger partial charge < -0.3 is 5.32 Å². The van der Waals surface area contributed by atoms with Crippen molar-refractivity contribution >= 4 is 11.8 Å². The smallest absolute Gasteiger partial charge is 0.311 e. The third-order valence-corrected chi connectivity index (χ3v) is 5.27. The van der Waals surface area contributed by atoms with Gasteiger partial charge in [0.1, 0.15) is 0 Å². The zero-order chi connectivity index (χ0) is 13.9. The van der Waals surface area contributed by atoms with Gasteiger partial charge in [-0.05, 0) is 51.4 Å². The molecule has 1 aliphatic carbocycles. The minimum absolute atomic E-state index is 0.412. The molecule has 112 valence electrons. The molecule has 0 aromatic rings. The summed E-state index contributed by atoms with van der Waals surface area (Å²) in [6.07, 6.45) is 3.48. The Morgan fingerprint density at radius 3 is 2.32 bits per heavy atom. The number of hydrogen-bond acceptors (Lipinski definition) is 3. The number of rotatable bonds is 4. The zero-order valence-electron chi connectivity index (χ0n) is 11.4. The summed E-state index contributed by atoms with van der Waals surface area (Å²) in [6.45, 7) is 0.378. The molecule has 1 heterocycles. The molecule has 0 aromatic heterocycles. The number of thioether (sulfide) groups is 1. The van der Waals surface area contributed by atoms with Gasteiger partial charge in [0.05, 0.1) is 6.54 Å². The minimum Gasteiger partial charge on any atom is -0.311 e. The lowest BCUT2D eigenvalue weighted by Gasteiger charge is -2.34. The van der Waals surface area contributed by atoms with Crippen LogP contribution in [0, 0.1) is 0 Å². The Balaban J connectivity index is 1.66. The average Bonchev–Trinajstić information content (AvgIpc) is 2.77. The van der Waals surface area contributed by atoms with E-state index in [-0.39, 0.29) is 0 Å². The molecule has 2 atom stereocenters. The summed E-state index contributed by atoms with van der Waals surface area (Å²) in [5.41, 5.74) is 0. The first kappa shape index (κ1) is 15.4. The van der Waals surface area contributed by atoms with Crippen LogP contribution in [0.1, 0.15) is 32.1 Å². The van der Waals surface area contributed by atoms with Crippen LogP contribution < -0.4 is 5.32 Å². The van der Waals surface area contributed by atoms with E-state index in [1.165, 1.54) is 24.2 Å². The van der Waals surface area contributed by atoms with Gasteiger partial charge in [-0.25, -0.2) is 0 Å². The van der Waals surface area contributed by atoms with Crippen molar-refractivity contribution in [2.75, 3.05) is 25.9 Å². The topological polar surface area (TPSA) is 15.3 Å². The lowest BCUT2D eigenvalue weighted by molar-refractivity contribution is -0.148. The standard InChI is InChI=1S/C13H23F3N2S/c1-19-12-3-2-11(8-12)17-10-4-6-18(7-5-10)9-13(14,15)16/h10-12,17H,2-9H2,1H3. The van der Waals surface area contributed by atoms with Crippen LogP contribution in [0.15, 0.2) is 0 Å². The fraction of sp³-hybridized carbons (Fsp3) is 1.00. The van der Waals surface area contributed by atoms with E-state index in [0.29, 0.717) is 25.2 Å². The highest BCUT2D eigenvalue weighted by Crippen LogP contribution is 2.29. The highest BCUT2D eigenvalue weighted by atomic mass is 32.2. The number of halogens is 3. The third kappa shape index (κ3) is 5.16. The third-order valence-electron chi connectivity index (χ3n) is 4.18. The SMILES string of the molecule is CSC1CCC(NC2CCN(CC(F)(F)F)CC2)C1. The summed E-state index contributed by atoms with van der Waals surface area (Å²) < 4.78 is 36.9. The van der Waals surface area contributed by atoms with Crippen LogP contribution >= 0.6 is 11.8 Å². The summed E-state index contributed by atoms with van der Waals surface area (Å²) >= 11 is 1.93. The molecule has 0 aromatic carbocycles. The molecule has 1 N–H and O–H groups in total. The zero-order valence-corrected chi connectivity index (χ0v) is 12.2. The molecule has 6 heteroatoms. The normalized spacial score (nSPS) is 30.9. The molecule has 0 bridgehead atoms.